The predicted octanol–water partition coefficient (Wildman–Crippen LogP) is 3.06. The molecule has 0 bridgehead atoms. The van der Waals surface area contributed by atoms with Gasteiger partial charge in [0.25, 0.3) is 0 Å². The summed E-state index contributed by atoms with van der Waals surface area (Å²) in [5.41, 5.74) is 3.64. The van der Waals surface area contributed by atoms with Crippen LogP contribution in [0.1, 0.15) is 44.1 Å². The Balaban J connectivity index is 1.70. The SMILES string of the molecule is Cc1cc(C)n(-c2ccc(CCC(=O)NCCNC(=O)OC(C)(C)C)cc2)n1. The Morgan fingerprint density at radius 2 is 1.71 bits per heavy atom. The van der Waals surface area contributed by atoms with Crippen LogP contribution in [0.2, 0.25) is 0 Å². The van der Waals surface area contributed by atoms with E-state index < -0.39 is 11.7 Å². The van der Waals surface area contributed by atoms with Crippen molar-refractivity contribution in [3.8, 4) is 5.69 Å². The molecule has 0 atom stereocenters. The minimum Gasteiger partial charge on any atom is -0.444 e. The van der Waals surface area contributed by atoms with E-state index >= 15 is 0 Å². The second kappa shape index (κ2) is 9.39. The van der Waals surface area contributed by atoms with Crippen LogP contribution in [0.5, 0.6) is 0 Å². The number of carbonyl (C=O) groups is 2. The third kappa shape index (κ3) is 7.06. The van der Waals surface area contributed by atoms with Crippen molar-refractivity contribution in [3.63, 3.8) is 0 Å². The molecule has 2 amide bonds. The van der Waals surface area contributed by atoms with Crippen molar-refractivity contribution in [3.05, 3.63) is 47.3 Å². The molecule has 0 fully saturated rings. The molecule has 2 aromatic rings. The summed E-state index contributed by atoms with van der Waals surface area (Å²) in [5, 5.41) is 9.88. The molecule has 0 spiro atoms. The Labute approximate surface area is 166 Å². The number of rotatable bonds is 7. The van der Waals surface area contributed by atoms with Crippen LogP contribution in [0.25, 0.3) is 5.69 Å². The summed E-state index contributed by atoms with van der Waals surface area (Å²) in [6.45, 7) is 10.1. The van der Waals surface area contributed by atoms with Crippen molar-refractivity contribution in [2.75, 3.05) is 13.1 Å². The predicted molar refractivity (Wildman–Crippen MR) is 109 cm³/mol. The molecule has 152 valence electrons. The van der Waals surface area contributed by atoms with Gasteiger partial charge in [0, 0.05) is 25.2 Å². The number of aromatic nitrogens is 2. The van der Waals surface area contributed by atoms with E-state index in [9.17, 15) is 9.59 Å². The number of hydrogen-bond donors (Lipinski definition) is 2. The van der Waals surface area contributed by atoms with Crippen LogP contribution in [-0.4, -0.2) is 40.5 Å². The quantitative estimate of drug-likeness (QED) is 0.716. The normalized spacial score (nSPS) is 11.2. The topological polar surface area (TPSA) is 85.2 Å². The number of amides is 2. The summed E-state index contributed by atoms with van der Waals surface area (Å²) in [7, 11) is 0. The molecule has 7 heteroatoms. The van der Waals surface area contributed by atoms with Gasteiger partial charge in [-0.2, -0.15) is 5.10 Å². The van der Waals surface area contributed by atoms with E-state index in [0.717, 1.165) is 22.6 Å². The molecule has 0 unspecified atom stereocenters. The van der Waals surface area contributed by atoms with Crippen LogP contribution in [0.3, 0.4) is 0 Å². The first-order valence-electron chi connectivity index (χ1n) is 9.50. The fourth-order valence-corrected chi connectivity index (χ4v) is 2.72. The zero-order valence-corrected chi connectivity index (χ0v) is 17.3. The lowest BCUT2D eigenvalue weighted by atomic mass is 10.1. The second-order valence-electron chi connectivity index (χ2n) is 7.78. The highest BCUT2D eigenvalue weighted by molar-refractivity contribution is 5.76. The average molecular weight is 386 g/mol. The van der Waals surface area contributed by atoms with Crippen LogP contribution in [-0.2, 0) is 16.0 Å². The molecule has 0 aliphatic rings. The minimum atomic E-state index is -0.530. The summed E-state index contributed by atoms with van der Waals surface area (Å²) < 4.78 is 7.04. The van der Waals surface area contributed by atoms with Crippen LogP contribution in [0, 0.1) is 13.8 Å². The van der Waals surface area contributed by atoms with Gasteiger partial charge >= 0.3 is 6.09 Å². The van der Waals surface area contributed by atoms with Crippen molar-refractivity contribution in [1.82, 2.24) is 20.4 Å². The lowest BCUT2D eigenvalue weighted by Crippen LogP contribution is -2.37. The summed E-state index contributed by atoms with van der Waals surface area (Å²) in [4.78, 5) is 23.5. The molecule has 1 aromatic heterocycles. The molecular formula is C21H30N4O3. The van der Waals surface area contributed by atoms with E-state index in [4.69, 9.17) is 4.74 Å². The summed E-state index contributed by atoms with van der Waals surface area (Å²) in [6.07, 6.45) is 0.568. The number of nitrogens with zero attached hydrogens (tertiary/aromatic N) is 2. The highest BCUT2D eigenvalue weighted by atomic mass is 16.6. The van der Waals surface area contributed by atoms with E-state index in [2.05, 4.69) is 15.7 Å². The number of aryl methyl sites for hydroxylation is 3. The Bertz CT molecular complexity index is 804. The van der Waals surface area contributed by atoms with Crippen molar-refractivity contribution in [2.45, 2.75) is 53.1 Å². The number of ether oxygens (including phenoxy) is 1. The molecule has 0 aliphatic carbocycles. The first kappa shape index (κ1) is 21.5. The van der Waals surface area contributed by atoms with Gasteiger partial charge in [-0.25, -0.2) is 9.48 Å². The Kier molecular flexibility index (Phi) is 7.20. The third-order valence-electron chi connectivity index (χ3n) is 3.95. The maximum Gasteiger partial charge on any atom is 0.407 e. The third-order valence-corrected chi connectivity index (χ3v) is 3.95. The molecule has 1 aromatic carbocycles. The monoisotopic (exact) mass is 386 g/mol. The van der Waals surface area contributed by atoms with Crippen LogP contribution < -0.4 is 10.6 Å². The van der Waals surface area contributed by atoms with E-state index in [-0.39, 0.29) is 5.91 Å². The highest BCUT2D eigenvalue weighted by Gasteiger charge is 2.15. The van der Waals surface area contributed by atoms with Crippen LogP contribution >= 0.6 is 0 Å². The number of nitrogens with one attached hydrogen (secondary N) is 2. The molecule has 2 rings (SSSR count). The van der Waals surface area contributed by atoms with Gasteiger partial charge in [-0.15, -0.1) is 0 Å². The van der Waals surface area contributed by atoms with E-state index in [0.29, 0.717) is 25.9 Å². The van der Waals surface area contributed by atoms with E-state index in [1.54, 1.807) is 20.8 Å². The molecule has 0 radical (unpaired) electrons. The second-order valence-corrected chi connectivity index (χ2v) is 7.78. The van der Waals surface area contributed by atoms with Crippen molar-refractivity contribution < 1.29 is 14.3 Å². The molecule has 2 N–H and O–H groups in total. The fraction of sp³-hybridized carbons (Fsp3) is 0.476. The zero-order chi connectivity index (χ0) is 20.7. The molecule has 0 saturated carbocycles. The molecule has 28 heavy (non-hydrogen) atoms. The van der Waals surface area contributed by atoms with E-state index in [1.807, 2.05) is 48.9 Å². The number of hydrogen-bond acceptors (Lipinski definition) is 4. The Morgan fingerprint density at radius 3 is 2.29 bits per heavy atom. The number of carbonyl (C=O) groups excluding carboxylic acids is 2. The number of benzene rings is 1. The number of alkyl carbamates (subject to hydrolysis) is 1. The zero-order valence-electron chi connectivity index (χ0n) is 17.3. The average Bonchev–Trinajstić information content (AvgIpc) is 2.94. The van der Waals surface area contributed by atoms with Crippen LogP contribution in [0.15, 0.2) is 30.3 Å². The molecular weight excluding hydrogens is 356 g/mol. The minimum absolute atomic E-state index is 0.0476. The standard InChI is InChI=1S/C21H30N4O3/c1-15-14-16(2)25(24-15)18-9-6-17(7-10-18)8-11-19(26)22-12-13-23-20(27)28-21(3,4)5/h6-7,9-10,14H,8,11-13H2,1-5H3,(H,22,26)(H,23,27). The Morgan fingerprint density at radius 1 is 1.07 bits per heavy atom. The van der Waals surface area contributed by atoms with Gasteiger partial charge < -0.3 is 15.4 Å². The van der Waals surface area contributed by atoms with Gasteiger partial charge in [0.2, 0.25) is 5.91 Å². The summed E-state index contributed by atoms with van der Waals surface area (Å²) >= 11 is 0. The van der Waals surface area contributed by atoms with Crippen molar-refractivity contribution >= 4 is 12.0 Å². The Hall–Kier alpha value is -2.83. The molecule has 1 heterocycles. The maximum atomic E-state index is 12.0. The first-order valence-corrected chi connectivity index (χ1v) is 9.50. The summed E-state index contributed by atoms with van der Waals surface area (Å²) in [6, 6.07) is 10.1. The molecule has 0 aliphatic heterocycles. The van der Waals surface area contributed by atoms with Gasteiger partial charge in [0.05, 0.1) is 11.4 Å². The van der Waals surface area contributed by atoms with Crippen molar-refractivity contribution in [1.29, 1.82) is 0 Å². The lowest BCUT2D eigenvalue weighted by Gasteiger charge is -2.19. The largest absolute Gasteiger partial charge is 0.444 e. The lowest BCUT2D eigenvalue weighted by molar-refractivity contribution is -0.121. The van der Waals surface area contributed by atoms with Gasteiger partial charge in [-0.3, -0.25) is 4.79 Å². The van der Waals surface area contributed by atoms with Gasteiger partial charge in [0.15, 0.2) is 0 Å². The molecule has 7 nitrogen and oxygen atoms in total. The smallest absolute Gasteiger partial charge is 0.407 e. The highest BCUT2D eigenvalue weighted by Crippen LogP contribution is 2.14. The maximum absolute atomic E-state index is 12.0. The summed E-state index contributed by atoms with van der Waals surface area (Å²) in [5.74, 6) is -0.0476. The molecule has 0 saturated heterocycles. The van der Waals surface area contributed by atoms with Crippen LogP contribution in [0.4, 0.5) is 4.79 Å². The van der Waals surface area contributed by atoms with E-state index in [1.165, 1.54) is 0 Å². The van der Waals surface area contributed by atoms with Gasteiger partial charge in [-0.05, 0) is 64.8 Å². The fourth-order valence-electron chi connectivity index (χ4n) is 2.72. The first-order chi connectivity index (χ1) is 13.1. The van der Waals surface area contributed by atoms with Crippen molar-refractivity contribution in [2.24, 2.45) is 0 Å². The van der Waals surface area contributed by atoms with Gasteiger partial charge in [0.1, 0.15) is 5.60 Å². The van der Waals surface area contributed by atoms with Gasteiger partial charge in [-0.1, -0.05) is 12.1 Å².